The molecule has 3 unspecified atom stereocenters. The van der Waals surface area contributed by atoms with Crippen LogP contribution in [-0.4, -0.2) is 47.4 Å². The zero-order valence-corrected chi connectivity index (χ0v) is 17.7. The number of carbonyl (C=O) groups is 2. The molecule has 7 heteroatoms. The minimum absolute atomic E-state index is 0.0407. The van der Waals surface area contributed by atoms with E-state index in [0.29, 0.717) is 6.54 Å². The van der Waals surface area contributed by atoms with Crippen LogP contribution in [0.15, 0.2) is 18.2 Å². The Morgan fingerprint density at radius 1 is 1.29 bits per heavy atom. The van der Waals surface area contributed by atoms with Gasteiger partial charge in [0.25, 0.3) is 5.91 Å². The lowest BCUT2D eigenvalue weighted by Gasteiger charge is -2.38. The molecule has 28 heavy (non-hydrogen) atoms. The molecule has 3 atom stereocenters. The number of rotatable bonds is 4. The molecule has 1 aromatic rings. The Hall–Kier alpha value is -1.66. The zero-order valence-electron chi connectivity index (χ0n) is 16.9. The normalized spacial score (nSPS) is 27.5. The van der Waals surface area contributed by atoms with E-state index < -0.39 is 5.82 Å². The SMILES string of the molecule is CC1CC2(CCN1CC(=O)NC(C)(C)C)CC2NC(=O)c1cc(F)cc(Cl)c1. The van der Waals surface area contributed by atoms with Crippen LogP contribution in [0, 0.1) is 11.2 Å². The van der Waals surface area contributed by atoms with Gasteiger partial charge in [-0.2, -0.15) is 0 Å². The lowest BCUT2D eigenvalue weighted by Crippen LogP contribution is -2.51. The Bertz CT molecular complexity index is 759. The van der Waals surface area contributed by atoms with Crippen LogP contribution < -0.4 is 10.6 Å². The number of benzene rings is 1. The minimum Gasteiger partial charge on any atom is -0.350 e. The first kappa shape index (κ1) is 21.1. The summed E-state index contributed by atoms with van der Waals surface area (Å²) in [5, 5.41) is 6.25. The maximum absolute atomic E-state index is 13.5. The minimum atomic E-state index is -0.515. The van der Waals surface area contributed by atoms with Gasteiger partial charge < -0.3 is 10.6 Å². The monoisotopic (exact) mass is 409 g/mol. The molecule has 154 valence electrons. The van der Waals surface area contributed by atoms with E-state index in [1.807, 2.05) is 20.8 Å². The van der Waals surface area contributed by atoms with Gasteiger partial charge in [0.15, 0.2) is 0 Å². The molecule has 5 nitrogen and oxygen atoms in total. The van der Waals surface area contributed by atoms with E-state index in [4.69, 9.17) is 11.6 Å². The highest BCUT2D eigenvalue weighted by molar-refractivity contribution is 6.31. The van der Waals surface area contributed by atoms with Crippen molar-refractivity contribution in [3.8, 4) is 0 Å². The Morgan fingerprint density at radius 3 is 2.61 bits per heavy atom. The van der Waals surface area contributed by atoms with Crippen LogP contribution in [-0.2, 0) is 4.79 Å². The van der Waals surface area contributed by atoms with Crippen molar-refractivity contribution < 1.29 is 14.0 Å². The van der Waals surface area contributed by atoms with E-state index in [0.717, 1.165) is 25.8 Å². The molecule has 1 aliphatic heterocycles. The third kappa shape index (κ3) is 5.03. The van der Waals surface area contributed by atoms with Gasteiger partial charge in [0.05, 0.1) is 6.54 Å². The summed E-state index contributed by atoms with van der Waals surface area (Å²) in [6.45, 7) is 9.29. The van der Waals surface area contributed by atoms with Crippen molar-refractivity contribution in [3.63, 3.8) is 0 Å². The van der Waals surface area contributed by atoms with Crippen molar-refractivity contribution in [2.45, 2.75) is 64.6 Å². The largest absolute Gasteiger partial charge is 0.350 e. The number of nitrogens with zero attached hydrogens (tertiary/aromatic N) is 1. The van der Waals surface area contributed by atoms with Gasteiger partial charge in [-0.3, -0.25) is 14.5 Å². The number of piperidine rings is 1. The first-order chi connectivity index (χ1) is 13.0. The van der Waals surface area contributed by atoms with E-state index in [1.54, 1.807) is 0 Å². The molecule has 1 aliphatic carbocycles. The smallest absolute Gasteiger partial charge is 0.251 e. The summed E-state index contributed by atoms with van der Waals surface area (Å²) in [6, 6.07) is 4.23. The fourth-order valence-electron chi connectivity index (χ4n) is 4.26. The Labute approximate surface area is 171 Å². The summed E-state index contributed by atoms with van der Waals surface area (Å²) >= 11 is 5.85. The van der Waals surface area contributed by atoms with E-state index in [-0.39, 0.29) is 45.4 Å². The molecule has 1 aromatic carbocycles. The highest BCUT2D eigenvalue weighted by atomic mass is 35.5. The molecule has 2 fully saturated rings. The average molecular weight is 410 g/mol. The van der Waals surface area contributed by atoms with E-state index >= 15 is 0 Å². The summed E-state index contributed by atoms with van der Waals surface area (Å²) in [6.07, 6.45) is 2.80. The first-order valence-corrected chi connectivity index (χ1v) is 10.2. The van der Waals surface area contributed by atoms with Gasteiger partial charge in [0.2, 0.25) is 5.91 Å². The second-order valence-electron chi connectivity index (χ2n) is 9.32. The van der Waals surface area contributed by atoms with Gasteiger partial charge in [-0.15, -0.1) is 0 Å². The number of carbonyl (C=O) groups excluding carboxylic acids is 2. The van der Waals surface area contributed by atoms with Crippen LogP contribution in [0.5, 0.6) is 0 Å². The lowest BCUT2D eigenvalue weighted by molar-refractivity contribution is -0.124. The van der Waals surface area contributed by atoms with Crippen molar-refractivity contribution >= 4 is 23.4 Å². The van der Waals surface area contributed by atoms with E-state index in [1.165, 1.54) is 18.2 Å². The molecule has 1 heterocycles. The zero-order chi connectivity index (χ0) is 20.7. The number of nitrogens with one attached hydrogen (secondary N) is 2. The molecule has 0 bridgehead atoms. The highest BCUT2D eigenvalue weighted by Crippen LogP contribution is 2.55. The van der Waals surface area contributed by atoms with Gasteiger partial charge in [-0.25, -0.2) is 4.39 Å². The Kier molecular flexibility index (Phi) is 5.74. The molecular formula is C21H29ClFN3O2. The van der Waals surface area contributed by atoms with Crippen molar-refractivity contribution in [2.75, 3.05) is 13.1 Å². The summed E-state index contributed by atoms with van der Waals surface area (Å²) < 4.78 is 13.5. The quantitative estimate of drug-likeness (QED) is 0.801. The fraction of sp³-hybridized carbons (Fsp3) is 0.619. The number of hydrogen-bond donors (Lipinski definition) is 2. The predicted octanol–water partition coefficient (Wildman–Crippen LogP) is 3.37. The van der Waals surface area contributed by atoms with Crippen LogP contribution in [0.1, 0.15) is 57.3 Å². The number of amides is 2. The van der Waals surface area contributed by atoms with Crippen LogP contribution >= 0.6 is 11.6 Å². The van der Waals surface area contributed by atoms with Crippen LogP contribution in [0.2, 0.25) is 5.02 Å². The molecule has 3 rings (SSSR count). The molecule has 1 spiro atoms. The summed E-state index contributed by atoms with van der Waals surface area (Å²) in [7, 11) is 0. The van der Waals surface area contributed by atoms with Gasteiger partial charge in [0, 0.05) is 28.2 Å². The number of likely N-dealkylation sites (tertiary alicyclic amines) is 1. The average Bonchev–Trinajstić information content (AvgIpc) is 3.18. The van der Waals surface area contributed by atoms with Gasteiger partial charge in [-0.05, 0) is 77.1 Å². The Morgan fingerprint density at radius 2 is 2.00 bits per heavy atom. The molecule has 2 N–H and O–H groups in total. The molecule has 2 amide bonds. The van der Waals surface area contributed by atoms with Crippen LogP contribution in [0.25, 0.3) is 0 Å². The first-order valence-electron chi connectivity index (χ1n) is 9.79. The standard InChI is InChI=1S/C21H29ClFN3O2/c1-13-10-21(5-6-26(13)12-18(27)25-20(2,3)4)11-17(21)24-19(28)14-7-15(22)9-16(23)8-14/h7-9,13,17H,5-6,10-12H2,1-4H3,(H,24,28)(H,25,27). The molecule has 1 saturated carbocycles. The van der Waals surface area contributed by atoms with Crippen LogP contribution in [0.3, 0.4) is 0 Å². The number of hydrogen-bond acceptors (Lipinski definition) is 3. The maximum atomic E-state index is 13.5. The predicted molar refractivity (Wildman–Crippen MR) is 108 cm³/mol. The topological polar surface area (TPSA) is 61.4 Å². The van der Waals surface area contributed by atoms with Crippen molar-refractivity contribution in [2.24, 2.45) is 5.41 Å². The van der Waals surface area contributed by atoms with Gasteiger partial charge in [-0.1, -0.05) is 11.6 Å². The summed E-state index contributed by atoms with van der Waals surface area (Å²) in [5.74, 6) is -0.763. The number of halogens is 2. The molecule has 1 saturated heterocycles. The van der Waals surface area contributed by atoms with Gasteiger partial charge in [0.1, 0.15) is 5.82 Å². The third-order valence-electron chi connectivity index (χ3n) is 5.70. The van der Waals surface area contributed by atoms with Crippen molar-refractivity contribution in [1.82, 2.24) is 15.5 Å². The second kappa shape index (κ2) is 7.64. The summed E-state index contributed by atoms with van der Waals surface area (Å²) in [4.78, 5) is 26.9. The Balaban J connectivity index is 1.53. The lowest BCUT2D eigenvalue weighted by atomic mass is 9.87. The molecule has 0 aromatic heterocycles. The summed E-state index contributed by atoms with van der Waals surface area (Å²) in [5.41, 5.74) is 0.100. The second-order valence-corrected chi connectivity index (χ2v) is 9.76. The molecular weight excluding hydrogens is 381 g/mol. The van der Waals surface area contributed by atoms with E-state index in [2.05, 4.69) is 22.5 Å². The molecule has 2 aliphatic rings. The van der Waals surface area contributed by atoms with Crippen molar-refractivity contribution in [1.29, 1.82) is 0 Å². The fourth-order valence-corrected chi connectivity index (χ4v) is 4.49. The van der Waals surface area contributed by atoms with Gasteiger partial charge >= 0.3 is 0 Å². The van der Waals surface area contributed by atoms with Crippen molar-refractivity contribution in [3.05, 3.63) is 34.6 Å². The maximum Gasteiger partial charge on any atom is 0.251 e. The highest BCUT2D eigenvalue weighted by Gasteiger charge is 2.57. The van der Waals surface area contributed by atoms with Crippen LogP contribution in [0.4, 0.5) is 4.39 Å². The third-order valence-corrected chi connectivity index (χ3v) is 5.92. The van der Waals surface area contributed by atoms with E-state index in [9.17, 15) is 14.0 Å². The molecule has 0 radical (unpaired) electrons.